The first-order valence-electron chi connectivity index (χ1n) is 11.2. The molecule has 2 aliphatic heterocycles. The van der Waals surface area contributed by atoms with Gasteiger partial charge in [0, 0.05) is 29.0 Å². The lowest BCUT2D eigenvalue weighted by molar-refractivity contribution is -0.0927. The van der Waals surface area contributed by atoms with Gasteiger partial charge in [-0.25, -0.2) is 14.4 Å². The van der Waals surface area contributed by atoms with E-state index in [0.717, 1.165) is 5.56 Å². The van der Waals surface area contributed by atoms with E-state index < -0.39 is 17.3 Å². The summed E-state index contributed by atoms with van der Waals surface area (Å²) in [5, 5.41) is 0.399. The van der Waals surface area contributed by atoms with Gasteiger partial charge in [0.05, 0.1) is 25.9 Å². The van der Waals surface area contributed by atoms with Gasteiger partial charge >= 0.3 is 0 Å². The molecule has 176 valence electrons. The molecule has 0 spiro atoms. The molecule has 2 aliphatic rings. The number of pyridine rings is 1. The van der Waals surface area contributed by atoms with Crippen molar-refractivity contribution in [2.24, 2.45) is 16.6 Å². The molecule has 3 atom stereocenters. The van der Waals surface area contributed by atoms with Gasteiger partial charge in [-0.1, -0.05) is 48.2 Å². The standard InChI is InChI=1S/C26H25F2N3O2S/c27-23-9-8-18(21-7-4-10-30-24(21)28)11-22(23)26-16-33-20(12-19(26)15-34-25(29)31-26)14-32-13-17-5-2-1-3-6-17/h1-11,19-20H,12-16H2,(H2,29,31)/t19-,20+,26-/m0/s1. The van der Waals surface area contributed by atoms with Crippen LogP contribution in [0.5, 0.6) is 0 Å². The number of benzene rings is 2. The summed E-state index contributed by atoms with van der Waals surface area (Å²) in [6.45, 7) is 1.12. The van der Waals surface area contributed by atoms with Gasteiger partial charge in [0.2, 0.25) is 5.95 Å². The number of rotatable bonds is 6. The first kappa shape index (κ1) is 23.0. The number of aliphatic imine (C=N–C) groups is 1. The van der Waals surface area contributed by atoms with Gasteiger partial charge in [-0.15, -0.1) is 0 Å². The fourth-order valence-corrected chi connectivity index (χ4v) is 5.68. The Bertz CT molecular complexity index is 1190. The monoisotopic (exact) mass is 481 g/mol. The number of fused-ring (bicyclic) bond motifs is 1. The van der Waals surface area contributed by atoms with Crippen molar-refractivity contribution in [2.45, 2.75) is 24.7 Å². The van der Waals surface area contributed by atoms with Gasteiger partial charge < -0.3 is 15.2 Å². The average molecular weight is 482 g/mol. The smallest absolute Gasteiger partial charge is 0.220 e. The summed E-state index contributed by atoms with van der Waals surface area (Å²) in [7, 11) is 0. The number of hydrogen-bond acceptors (Lipinski definition) is 6. The van der Waals surface area contributed by atoms with Crippen molar-refractivity contribution in [3.8, 4) is 11.1 Å². The van der Waals surface area contributed by atoms with Crippen molar-refractivity contribution in [1.29, 1.82) is 0 Å². The highest BCUT2D eigenvalue weighted by atomic mass is 32.2. The normalized spacial score (nSPS) is 24.4. The van der Waals surface area contributed by atoms with E-state index in [0.29, 0.717) is 47.2 Å². The quantitative estimate of drug-likeness (QED) is 0.507. The van der Waals surface area contributed by atoms with Crippen LogP contribution in [0.2, 0.25) is 0 Å². The summed E-state index contributed by atoms with van der Waals surface area (Å²) in [6.07, 6.45) is 1.92. The van der Waals surface area contributed by atoms with E-state index in [1.165, 1.54) is 24.0 Å². The molecule has 5 nitrogen and oxygen atoms in total. The van der Waals surface area contributed by atoms with Gasteiger partial charge in [-0.3, -0.25) is 0 Å². The summed E-state index contributed by atoms with van der Waals surface area (Å²) in [5.74, 6) is -0.332. The van der Waals surface area contributed by atoms with E-state index in [4.69, 9.17) is 20.2 Å². The maximum Gasteiger partial charge on any atom is 0.220 e. The Morgan fingerprint density at radius 1 is 1.12 bits per heavy atom. The lowest BCUT2D eigenvalue weighted by atomic mass is 9.74. The molecule has 3 heterocycles. The molecular weight excluding hydrogens is 456 g/mol. The lowest BCUT2D eigenvalue weighted by Gasteiger charge is -2.46. The van der Waals surface area contributed by atoms with Crippen molar-refractivity contribution in [3.63, 3.8) is 0 Å². The fourth-order valence-electron chi connectivity index (χ4n) is 4.67. The molecule has 3 aromatic rings. The molecule has 0 unspecified atom stereocenters. The zero-order valence-electron chi connectivity index (χ0n) is 18.5. The largest absolute Gasteiger partial charge is 0.379 e. The second-order valence-corrected chi connectivity index (χ2v) is 9.63. The predicted octanol–water partition coefficient (Wildman–Crippen LogP) is 4.91. The molecule has 0 saturated carbocycles. The third kappa shape index (κ3) is 4.58. The summed E-state index contributed by atoms with van der Waals surface area (Å²) in [4.78, 5) is 8.45. The van der Waals surface area contributed by atoms with Gasteiger partial charge in [-0.2, -0.15) is 4.39 Å². The van der Waals surface area contributed by atoms with Gasteiger partial charge in [0.1, 0.15) is 11.4 Å². The van der Waals surface area contributed by atoms with Crippen LogP contribution in [0.25, 0.3) is 11.1 Å². The van der Waals surface area contributed by atoms with Crippen LogP contribution >= 0.6 is 11.8 Å². The van der Waals surface area contributed by atoms with Crippen LogP contribution < -0.4 is 5.73 Å². The van der Waals surface area contributed by atoms with Crippen molar-refractivity contribution in [2.75, 3.05) is 19.0 Å². The molecule has 5 rings (SSSR count). The SMILES string of the molecule is NC1=N[C@@]2(c3cc(-c4cccnc4F)ccc3F)CO[C@@H](COCc3ccccc3)C[C@H]2CS1. The van der Waals surface area contributed by atoms with Gasteiger partial charge in [0.25, 0.3) is 0 Å². The second kappa shape index (κ2) is 9.82. The third-order valence-electron chi connectivity index (χ3n) is 6.42. The first-order chi connectivity index (χ1) is 16.5. The Kier molecular flexibility index (Phi) is 6.63. The Hall–Kier alpha value is -2.81. The van der Waals surface area contributed by atoms with Gasteiger partial charge in [-0.05, 0) is 41.8 Å². The number of thioether (sulfide) groups is 1. The van der Waals surface area contributed by atoms with Crippen LogP contribution in [-0.2, 0) is 21.6 Å². The van der Waals surface area contributed by atoms with E-state index in [2.05, 4.69) is 4.98 Å². The Labute approximate surface area is 201 Å². The Balaban J connectivity index is 1.40. The Morgan fingerprint density at radius 3 is 2.79 bits per heavy atom. The number of ether oxygens (including phenoxy) is 2. The molecule has 0 bridgehead atoms. The maximum absolute atomic E-state index is 15.2. The van der Waals surface area contributed by atoms with E-state index >= 15 is 4.39 Å². The zero-order valence-corrected chi connectivity index (χ0v) is 19.3. The molecule has 8 heteroatoms. The lowest BCUT2D eigenvalue weighted by Crippen LogP contribution is -2.51. The first-order valence-corrected chi connectivity index (χ1v) is 12.2. The van der Waals surface area contributed by atoms with Crippen LogP contribution in [0.3, 0.4) is 0 Å². The molecule has 0 amide bonds. The minimum Gasteiger partial charge on any atom is -0.379 e. The molecule has 1 aromatic heterocycles. The maximum atomic E-state index is 15.2. The molecule has 2 N–H and O–H groups in total. The average Bonchev–Trinajstić information content (AvgIpc) is 2.85. The predicted molar refractivity (Wildman–Crippen MR) is 129 cm³/mol. The summed E-state index contributed by atoms with van der Waals surface area (Å²) in [5.41, 5.74) is 7.45. The minimum absolute atomic E-state index is 0.00706. The van der Waals surface area contributed by atoms with Crippen molar-refractivity contribution in [3.05, 3.63) is 89.8 Å². The van der Waals surface area contributed by atoms with E-state index in [9.17, 15) is 4.39 Å². The van der Waals surface area contributed by atoms with Crippen LogP contribution in [0.1, 0.15) is 17.5 Å². The molecule has 0 aliphatic carbocycles. The fraction of sp³-hybridized carbons (Fsp3) is 0.308. The number of halogens is 2. The molecule has 1 saturated heterocycles. The highest BCUT2D eigenvalue weighted by Crippen LogP contribution is 2.47. The summed E-state index contributed by atoms with van der Waals surface area (Å²) < 4.78 is 41.6. The highest BCUT2D eigenvalue weighted by Gasteiger charge is 2.49. The van der Waals surface area contributed by atoms with Gasteiger partial charge in [0.15, 0.2) is 5.17 Å². The van der Waals surface area contributed by atoms with Crippen LogP contribution in [-0.4, -0.2) is 35.2 Å². The highest BCUT2D eigenvalue weighted by molar-refractivity contribution is 8.13. The number of nitrogens with two attached hydrogens (primary N) is 1. The summed E-state index contributed by atoms with van der Waals surface area (Å²) in [6, 6.07) is 17.8. The van der Waals surface area contributed by atoms with E-state index in [-0.39, 0.29) is 18.6 Å². The zero-order chi connectivity index (χ0) is 23.5. The van der Waals surface area contributed by atoms with E-state index in [1.807, 2.05) is 30.3 Å². The van der Waals surface area contributed by atoms with Crippen molar-refractivity contribution < 1.29 is 18.3 Å². The number of nitrogens with zero attached hydrogens (tertiary/aromatic N) is 2. The minimum atomic E-state index is -0.968. The third-order valence-corrected chi connectivity index (χ3v) is 7.38. The number of amidine groups is 1. The Morgan fingerprint density at radius 2 is 1.97 bits per heavy atom. The van der Waals surface area contributed by atoms with Crippen molar-refractivity contribution >= 4 is 16.9 Å². The molecule has 1 fully saturated rings. The number of aromatic nitrogens is 1. The molecular formula is C26H25F2N3O2S. The number of hydrogen-bond donors (Lipinski definition) is 1. The molecule has 0 radical (unpaired) electrons. The summed E-state index contributed by atoms with van der Waals surface area (Å²) >= 11 is 1.47. The topological polar surface area (TPSA) is 69.7 Å². The second-order valence-electron chi connectivity index (χ2n) is 8.59. The van der Waals surface area contributed by atoms with Crippen LogP contribution in [0.15, 0.2) is 71.9 Å². The van der Waals surface area contributed by atoms with E-state index in [1.54, 1.807) is 24.3 Å². The molecule has 34 heavy (non-hydrogen) atoms. The van der Waals surface area contributed by atoms with Crippen LogP contribution in [0, 0.1) is 17.7 Å². The van der Waals surface area contributed by atoms with Crippen LogP contribution in [0.4, 0.5) is 8.78 Å². The molecule has 2 aromatic carbocycles. The van der Waals surface area contributed by atoms with Crippen molar-refractivity contribution in [1.82, 2.24) is 4.98 Å².